The SMILES string of the molecule is N[C@@H]1COCC12CCN(c1nc3n[nH]c(C#Cc4cccc(Cl)c4Cl)c3c3nccn13)CC2. The summed E-state index contributed by atoms with van der Waals surface area (Å²) >= 11 is 12.4. The number of piperidine rings is 1. The van der Waals surface area contributed by atoms with Gasteiger partial charge in [0.1, 0.15) is 5.69 Å². The number of aromatic nitrogens is 5. The van der Waals surface area contributed by atoms with Gasteiger partial charge in [-0.2, -0.15) is 10.1 Å². The van der Waals surface area contributed by atoms with E-state index in [9.17, 15) is 0 Å². The number of H-pyrrole nitrogens is 1. The van der Waals surface area contributed by atoms with Crippen LogP contribution in [0.5, 0.6) is 0 Å². The largest absolute Gasteiger partial charge is 0.379 e. The molecular weight excluding hydrogens is 461 g/mol. The maximum atomic E-state index is 6.35. The zero-order valence-corrected chi connectivity index (χ0v) is 19.2. The number of halogens is 2. The average Bonchev–Trinajstić information content (AvgIpc) is 3.54. The van der Waals surface area contributed by atoms with Crippen LogP contribution < -0.4 is 10.6 Å². The molecule has 1 aromatic carbocycles. The van der Waals surface area contributed by atoms with Gasteiger partial charge in [-0.25, -0.2) is 4.98 Å². The molecule has 4 aromatic rings. The van der Waals surface area contributed by atoms with Crippen LogP contribution in [0.2, 0.25) is 10.0 Å². The van der Waals surface area contributed by atoms with Crippen molar-refractivity contribution in [3.05, 3.63) is 51.9 Å². The van der Waals surface area contributed by atoms with Gasteiger partial charge < -0.3 is 15.4 Å². The third-order valence-corrected chi connectivity index (χ3v) is 7.64. The first-order valence-electron chi connectivity index (χ1n) is 10.8. The van der Waals surface area contributed by atoms with Crippen molar-refractivity contribution in [2.45, 2.75) is 18.9 Å². The zero-order chi connectivity index (χ0) is 22.6. The molecule has 5 heterocycles. The number of hydrogen-bond acceptors (Lipinski definition) is 6. The number of nitrogens with one attached hydrogen (secondary N) is 1. The van der Waals surface area contributed by atoms with Crippen molar-refractivity contribution in [2.24, 2.45) is 11.1 Å². The number of fused-ring (bicyclic) bond motifs is 3. The Morgan fingerprint density at radius 2 is 2.06 bits per heavy atom. The molecule has 2 fully saturated rings. The minimum atomic E-state index is 0.0748. The molecule has 2 aliphatic heterocycles. The first kappa shape index (κ1) is 20.8. The Morgan fingerprint density at radius 3 is 2.85 bits per heavy atom. The van der Waals surface area contributed by atoms with Crippen LogP contribution in [0.15, 0.2) is 30.6 Å². The molecule has 0 unspecified atom stereocenters. The number of hydrogen-bond donors (Lipinski definition) is 2. The molecule has 1 spiro atoms. The molecule has 10 heteroatoms. The second-order valence-electron chi connectivity index (χ2n) is 8.65. The van der Waals surface area contributed by atoms with Gasteiger partial charge in [0, 0.05) is 42.5 Å². The summed E-state index contributed by atoms with van der Waals surface area (Å²) in [5.74, 6) is 7.02. The van der Waals surface area contributed by atoms with Gasteiger partial charge in [0.2, 0.25) is 5.95 Å². The molecule has 0 bridgehead atoms. The number of aromatic amines is 1. The molecule has 33 heavy (non-hydrogen) atoms. The lowest BCUT2D eigenvalue weighted by atomic mass is 9.75. The van der Waals surface area contributed by atoms with E-state index in [2.05, 4.69) is 31.9 Å². The Labute approximate surface area is 200 Å². The highest BCUT2D eigenvalue weighted by Gasteiger charge is 2.44. The van der Waals surface area contributed by atoms with Gasteiger partial charge in [0.25, 0.3) is 0 Å². The quantitative estimate of drug-likeness (QED) is 0.405. The number of ether oxygens (including phenoxy) is 1. The van der Waals surface area contributed by atoms with Crippen molar-refractivity contribution in [1.82, 2.24) is 24.6 Å². The normalized spacial score (nSPS) is 20.0. The maximum absolute atomic E-state index is 6.35. The van der Waals surface area contributed by atoms with E-state index >= 15 is 0 Å². The summed E-state index contributed by atoms with van der Waals surface area (Å²) in [4.78, 5) is 11.7. The van der Waals surface area contributed by atoms with E-state index in [0.29, 0.717) is 33.6 Å². The summed E-state index contributed by atoms with van der Waals surface area (Å²) in [5, 5.41) is 9.10. The van der Waals surface area contributed by atoms with Gasteiger partial charge in [-0.1, -0.05) is 35.2 Å². The average molecular weight is 482 g/mol. The Hall–Kier alpha value is -2.83. The summed E-state index contributed by atoms with van der Waals surface area (Å²) in [6.45, 7) is 3.10. The number of benzene rings is 1. The number of rotatable bonds is 1. The van der Waals surface area contributed by atoms with Crippen LogP contribution in [0.1, 0.15) is 24.1 Å². The molecule has 3 N–H and O–H groups in total. The fourth-order valence-electron chi connectivity index (χ4n) is 4.81. The van der Waals surface area contributed by atoms with Gasteiger partial charge in [0.05, 0.1) is 28.6 Å². The third kappa shape index (κ3) is 3.35. The second-order valence-corrected chi connectivity index (χ2v) is 9.44. The van der Waals surface area contributed by atoms with Gasteiger partial charge in [-0.3, -0.25) is 9.50 Å². The fourth-order valence-corrected chi connectivity index (χ4v) is 5.16. The van der Waals surface area contributed by atoms with E-state index < -0.39 is 0 Å². The van der Waals surface area contributed by atoms with Crippen LogP contribution in [0, 0.1) is 17.3 Å². The predicted molar refractivity (Wildman–Crippen MR) is 128 cm³/mol. The van der Waals surface area contributed by atoms with Crippen LogP contribution in [0.4, 0.5) is 5.95 Å². The molecule has 0 saturated carbocycles. The first-order valence-corrected chi connectivity index (χ1v) is 11.6. The summed E-state index contributed by atoms with van der Waals surface area (Å²) in [6.07, 6.45) is 5.64. The Morgan fingerprint density at radius 1 is 1.21 bits per heavy atom. The van der Waals surface area contributed by atoms with Crippen LogP contribution in [-0.4, -0.2) is 56.9 Å². The Kier molecular flexibility index (Phi) is 4.96. The van der Waals surface area contributed by atoms with E-state index in [-0.39, 0.29) is 11.5 Å². The van der Waals surface area contributed by atoms with Crippen molar-refractivity contribution in [3.63, 3.8) is 0 Å². The number of nitrogens with zero attached hydrogens (tertiary/aromatic N) is 5. The standard InChI is InChI=1S/C23H21Cl2N7O/c24-15-3-1-2-14(19(15)25)4-5-16-18-20(30-29-16)28-22(32-11-8-27-21(18)32)31-9-6-23(7-10-31)13-33-12-17(23)26/h1-3,8,11,17H,6-7,9-10,12-13,26H2,(H,29,30)/t17-/m1/s1. The van der Waals surface area contributed by atoms with Crippen LogP contribution in [0.3, 0.4) is 0 Å². The fraction of sp³-hybridized carbons (Fsp3) is 0.348. The van der Waals surface area contributed by atoms with Gasteiger partial charge in [0.15, 0.2) is 11.3 Å². The number of anilines is 1. The van der Waals surface area contributed by atoms with E-state index in [0.717, 1.165) is 49.5 Å². The highest BCUT2D eigenvalue weighted by molar-refractivity contribution is 6.42. The predicted octanol–water partition coefficient (Wildman–Crippen LogP) is 3.26. The van der Waals surface area contributed by atoms with Crippen LogP contribution >= 0.6 is 23.2 Å². The van der Waals surface area contributed by atoms with E-state index in [4.69, 9.17) is 38.7 Å². The molecule has 0 aliphatic carbocycles. The number of nitrogens with two attached hydrogens (primary N) is 1. The van der Waals surface area contributed by atoms with E-state index in [1.807, 2.05) is 22.7 Å². The lowest BCUT2D eigenvalue weighted by Gasteiger charge is -2.41. The smallest absolute Gasteiger partial charge is 0.213 e. The Bertz CT molecular complexity index is 1430. The molecule has 3 aromatic heterocycles. The summed E-state index contributed by atoms with van der Waals surface area (Å²) in [6, 6.07) is 5.47. The van der Waals surface area contributed by atoms with Crippen molar-refractivity contribution in [3.8, 4) is 11.8 Å². The molecule has 6 rings (SSSR count). The summed E-state index contributed by atoms with van der Waals surface area (Å²) < 4.78 is 7.66. The van der Waals surface area contributed by atoms with Crippen LogP contribution in [-0.2, 0) is 4.74 Å². The second kappa shape index (κ2) is 7.89. The number of imidazole rings is 1. The highest BCUT2D eigenvalue weighted by Crippen LogP contribution is 2.39. The zero-order valence-electron chi connectivity index (χ0n) is 17.7. The maximum Gasteiger partial charge on any atom is 0.213 e. The molecule has 8 nitrogen and oxygen atoms in total. The molecular formula is C23H21Cl2N7O. The van der Waals surface area contributed by atoms with Crippen LogP contribution in [0.25, 0.3) is 16.7 Å². The first-order chi connectivity index (χ1) is 16.1. The lowest BCUT2D eigenvalue weighted by Crippen LogP contribution is -2.49. The molecule has 2 aliphatic rings. The Balaban J connectivity index is 1.37. The lowest BCUT2D eigenvalue weighted by molar-refractivity contribution is 0.131. The van der Waals surface area contributed by atoms with Crippen molar-refractivity contribution < 1.29 is 4.74 Å². The molecule has 0 amide bonds. The third-order valence-electron chi connectivity index (χ3n) is 6.82. The summed E-state index contributed by atoms with van der Waals surface area (Å²) in [5.41, 5.74) is 9.03. The minimum absolute atomic E-state index is 0.0748. The summed E-state index contributed by atoms with van der Waals surface area (Å²) in [7, 11) is 0. The van der Waals surface area contributed by atoms with Gasteiger partial charge >= 0.3 is 0 Å². The van der Waals surface area contributed by atoms with Crippen molar-refractivity contribution in [1.29, 1.82) is 0 Å². The monoisotopic (exact) mass is 481 g/mol. The van der Waals surface area contributed by atoms with E-state index in [1.165, 1.54) is 0 Å². The van der Waals surface area contributed by atoms with E-state index in [1.54, 1.807) is 12.3 Å². The van der Waals surface area contributed by atoms with Crippen molar-refractivity contribution in [2.75, 3.05) is 31.2 Å². The molecule has 2 saturated heterocycles. The van der Waals surface area contributed by atoms with Crippen molar-refractivity contribution >= 4 is 45.8 Å². The van der Waals surface area contributed by atoms with Gasteiger partial charge in [-0.05, 0) is 30.9 Å². The topological polar surface area (TPSA) is 97.4 Å². The highest BCUT2D eigenvalue weighted by atomic mass is 35.5. The molecule has 0 radical (unpaired) electrons. The molecule has 1 atom stereocenters. The van der Waals surface area contributed by atoms with Gasteiger partial charge in [-0.15, -0.1) is 0 Å². The minimum Gasteiger partial charge on any atom is -0.379 e. The molecule has 168 valence electrons.